The summed E-state index contributed by atoms with van der Waals surface area (Å²) in [6.07, 6.45) is 2.11. The lowest BCUT2D eigenvalue weighted by molar-refractivity contribution is -0.384. The van der Waals surface area contributed by atoms with E-state index in [2.05, 4.69) is 34.6 Å². The molecule has 1 aromatic heterocycles. The molecule has 0 bridgehead atoms. The molecule has 8 nitrogen and oxygen atoms in total. The second-order valence-electron chi connectivity index (χ2n) is 5.93. The van der Waals surface area contributed by atoms with Crippen LogP contribution in [0.15, 0.2) is 12.1 Å². The molecule has 0 spiro atoms. The van der Waals surface area contributed by atoms with Crippen LogP contribution in [0.3, 0.4) is 0 Å². The number of anilines is 2. The van der Waals surface area contributed by atoms with Gasteiger partial charge in [0.2, 0.25) is 5.82 Å². The smallest absolute Gasteiger partial charge is 0.311 e. The predicted octanol–water partition coefficient (Wildman–Crippen LogP) is 1.42. The number of nitro groups is 1. The molecule has 0 atom stereocenters. The Morgan fingerprint density at radius 3 is 2.71 bits per heavy atom. The Morgan fingerprint density at radius 1 is 1.48 bits per heavy atom. The summed E-state index contributed by atoms with van der Waals surface area (Å²) < 4.78 is 0. The summed E-state index contributed by atoms with van der Waals surface area (Å²) in [6, 6.07) is 2.89. The molecule has 1 aromatic rings. The maximum absolute atomic E-state index is 11.1. The van der Waals surface area contributed by atoms with Crippen LogP contribution in [0, 0.1) is 15.5 Å². The Labute approximate surface area is 123 Å². The molecule has 0 aliphatic carbocycles. The first kappa shape index (κ1) is 15.5. The molecule has 8 heteroatoms. The molecule has 4 N–H and O–H groups in total. The van der Waals surface area contributed by atoms with Crippen LogP contribution in [0.1, 0.15) is 19.8 Å². The number of hydrazine groups is 1. The van der Waals surface area contributed by atoms with E-state index in [1.807, 2.05) is 0 Å². The summed E-state index contributed by atoms with van der Waals surface area (Å²) in [5, 5.41) is 14.2. The molecule has 1 fully saturated rings. The Balaban J connectivity index is 2.09. The number of aromatic nitrogens is 1. The van der Waals surface area contributed by atoms with Gasteiger partial charge in [-0.3, -0.25) is 10.1 Å². The topological polar surface area (TPSA) is 109 Å². The minimum atomic E-state index is -0.438. The quantitative estimate of drug-likeness (QED) is 0.428. The lowest BCUT2D eigenvalue weighted by atomic mass is 9.80. The molecule has 1 aliphatic heterocycles. The molecule has 0 unspecified atom stereocenters. The van der Waals surface area contributed by atoms with E-state index in [0.717, 1.165) is 25.9 Å². The van der Waals surface area contributed by atoms with Crippen molar-refractivity contribution >= 4 is 17.3 Å². The molecule has 0 saturated carbocycles. The maximum Gasteiger partial charge on any atom is 0.311 e. The molecule has 0 aromatic carbocycles. The van der Waals surface area contributed by atoms with E-state index in [9.17, 15) is 10.1 Å². The van der Waals surface area contributed by atoms with Crippen LogP contribution in [-0.2, 0) is 0 Å². The van der Waals surface area contributed by atoms with Gasteiger partial charge in [-0.25, -0.2) is 10.8 Å². The van der Waals surface area contributed by atoms with Crippen LogP contribution in [0.2, 0.25) is 0 Å². The van der Waals surface area contributed by atoms with Gasteiger partial charge in [0.1, 0.15) is 5.82 Å². The maximum atomic E-state index is 11.1. The number of hydrogen-bond acceptors (Lipinski definition) is 7. The zero-order valence-corrected chi connectivity index (χ0v) is 12.4. The van der Waals surface area contributed by atoms with Gasteiger partial charge < -0.3 is 15.6 Å². The van der Waals surface area contributed by atoms with E-state index in [0.29, 0.717) is 12.4 Å². The molecule has 116 valence electrons. The number of likely N-dealkylation sites (tertiary alicyclic amines) is 1. The molecular formula is C13H22N6O2. The van der Waals surface area contributed by atoms with Gasteiger partial charge in [-0.2, -0.15) is 0 Å². The lowest BCUT2D eigenvalue weighted by Gasteiger charge is -2.38. The Kier molecular flexibility index (Phi) is 4.59. The largest absolute Gasteiger partial charge is 0.364 e. The average Bonchev–Trinajstić information content (AvgIpc) is 2.48. The van der Waals surface area contributed by atoms with Crippen LogP contribution < -0.4 is 16.6 Å². The van der Waals surface area contributed by atoms with Crippen molar-refractivity contribution in [3.63, 3.8) is 0 Å². The Hall–Kier alpha value is -1.93. The summed E-state index contributed by atoms with van der Waals surface area (Å²) in [4.78, 5) is 17.1. The van der Waals surface area contributed by atoms with Crippen molar-refractivity contribution in [1.29, 1.82) is 0 Å². The lowest BCUT2D eigenvalue weighted by Crippen LogP contribution is -2.40. The van der Waals surface area contributed by atoms with Crippen LogP contribution >= 0.6 is 0 Å². The SMILES string of the molecule is CN1CCC(C)(CNc2nc(NN)ccc2[N+](=O)[O-])CC1. The highest BCUT2D eigenvalue weighted by molar-refractivity contribution is 5.60. The van der Waals surface area contributed by atoms with Gasteiger partial charge in [0.15, 0.2) is 0 Å². The van der Waals surface area contributed by atoms with Gasteiger partial charge in [0.05, 0.1) is 4.92 Å². The monoisotopic (exact) mass is 294 g/mol. The molecule has 1 aliphatic rings. The molecule has 0 radical (unpaired) electrons. The molecule has 1 saturated heterocycles. The van der Waals surface area contributed by atoms with Crippen molar-refractivity contribution in [2.45, 2.75) is 19.8 Å². The van der Waals surface area contributed by atoms with E-state index in [1.165, 1.54) is 12.1 Å². The van der Waals surface area contributed by atoms with Gasteiger partial charge in [-0.1, -0.05) is 6.92 Å². The van der Waals surface area contributed by atoms with E-state index in [-0.39, 0.29) is 16.9 Å². The average molecular weight is 294 g/mol. The second-order valence-corrected chi connectivity index (χ2v) is 5.93. The molecular weight excluding hydrogens is 272 g/mol. The van der Waals surface area contributed by atoms with Crippen LogP contribution in [-0.4, -0.2) is 41.5 Å². The molecule has 2 heterocycles. The van der Waals surface area contributed by atoms with Crippen molar-refractivity contribution in [2.24, 2.45) is 11.3 Å². The molecule has 21 heavy (non-hydrogen) atoms. The number of pyridine rings is 1. The number of nitrogens with two attached hydrogens (primary N) is 1. The van der Waals surface area contributed by atoms with Crippen molar-refractivity contribution in [2.75, 3.05) is 37.4 Å². The summed E-state index contributed by atoms with van der Waals surface area (Å²) in [7, 11) is 2.11. The first-order valence-corrected chi connectivity index (χ1v) is 6.98. The summed E-state index contributed by atoms with van der Waals surface area (Å²) in [6.45, 7) is 4.93. The Bertz CT molecular complexity index is 513. The number of hydrogen-bond donors (Lipinski definition) is 3. The highest BCUT2D eigenvalue weighted by Crippen LogP contribution is 2.32. The third kappa shape index (κ3) is 3.79. The summed E-state index contributed by atoms with van der Waals surface area (Å²) in [5.74, 6) is 5.97. The minimum absolute atomic E-state index is 0.0365. The fraction of sp³-hybridized carbons (Fsp3) is 0.615. The molecule has 2 rings (SSSR count). The van der Waals surface area contributed by atoms with Gasteiger partial charge in [-0.05, 0) is 44.5 Å². The Morgan fingerprint density at radius 2 is 2.14 bits per heavy atom. The summed E-state index contributed by atoms with van der Waals surface area (Å²) in [5.41, 5.74) is 2.49. The number of rotatable bonds is 5. The number of nitrogens with zero attached hydrogens (tertiary/aromatic N) is 3. The zero-order chi connectivity index (χ0) is 15.5. The second kappa shape index (κ2) is 6.23. The first-order chi connectivity index (χ1) is 9.93. The van der Waals surface area contributed by atoms with Crippen molar-refractivity contribution < 1.29 is 4.92 Å². The third-order valence-electron chi connectivity index (χ3n) is 4.10. The first-order valence-electron chi connectivity index (χ1n) is 6.98. The van der Waals surface area contributed by atoms with Gasteiger partial charge in [0.25, 0.3) is 0 Å². The zero-order valence-electron chi connectivity index (χ0n) is 12.4. The van der Waals surface area contributed by atoms with E-state index in [1.54, 1.807) is 0 Å². The highest BCUT2D eigenvalue weighted by atomic mass is 16.6. The van der Waals surface area contributed by atoms with Crippen LogP contribution in [0.4, 0.5) is 17.3 Å². The fourth-order valence-corrected chi connectivity index (χ4v) is 2.44. The fourth-order valence-electron chi connectivity index (χ4n) is 2.44. The standard InChI is InChI=1S/C13H22N6O2/c1-13(5-7-18(2)8-6-13)9-15-12-10(19(20)21)3-4-11(16-12)17-14/h3-4H,5-9,14H2,1-2H3,(H2,15,16,17). The van der Waals surface area contributed by atoms with Gasteiger partial charge in [-0.15, -0.1) is 0 Å². The van der Waals surface area contributed by atoms with E-state index in [4.69, 9.17) is 5.84 Å². The predicted molar refractivity (Wildman–Crippen MR) is 82.0 cm³/mol. The number of nitrogen functional groups attached to an aromatic ring is 1. The third-order valence-corrected chi connectivity index (χ3v) is 4.10. The van der Waals surface area contributed by atoms with E-state index >= 15 is 0 Å². The van der Waals surface area contributed by atoms with Gasteiger partial charge >= 0.3 is 5.69 Å². The van der Waals surface area contributed by atoms with Crippen LogP contribution in [0.25, 0.3) is 0 Å². The number of nitrogens with one attached hydrogen (secondary N) is 2. The van der Waals surface area contributed by atoms with Crippen molar-refractivity contribution in [3.8, 4) is 0 Å². The van der Waals surface area contributed by atoms with Crippen molar-refractivity contribution in [1.82, 2.24) is 9.88 Å². The van der Waals surface area contributed by atoms with Gasteiger partial charge in [0, 0.05) is 12.6 Å². The highest BCUT2D eigenvalue weighted by Gasteiger charge is 2.29. The minimum Gasteiger partial charge on any atom is -0.364 e. The normalized spacial score (nSPS) is 18.2. The van der Waals surface area contributed by atoms with Crippen molar-refractivity contribution in [3.05, 3.63) is 22.2 Å². The summed E-state index contributed by atoms with van der Waals surface area (Å²) >= 11 is 0. The molecule has 0 amide bonds. The van der Waals surface area contributed by atoms with E-state index < -0.39 is 4.92 Å². The van der Waals surface area contributed by atoms with Crippen LogP contribution in [0.5, 0.6) is 0 Å². The number of piperidine rings is 1.